The molecule has 0 aromatic rings. The molecule has 0 unspecified atom stereocenters. The summed E-state index contributed by atoms with van der Waals surface area (Å²) < 4.78 is 77.8. The largest absolute Gasteiger partial charge is 0.315 e. The van der Waals surface area contributed by atoms with Crippen molar-refractivity contribution in [3.63, 3.8) is 0 Å². The molecule has 0 atom stereocenters. The summed E-state index contributed by atoms with van der Waals surface area (Å²) in [6.07, 6.45) is 0.790. The Bertz CT molecular complexity index is 705. The highest BCUT2D eigenvalue weighted by atomic mass is 32.2. The highest BCUT2D eigenvalue weighted by Crippen LogP contribution is 2.31. The van der Waals surface area contributed by atoms with E-state index in [-0.39, 0.29) is 30.3 Å². The Labute approximate surface area is 145 Å². The normalized spacial score (nSPS) is 13.8. The van der Waals surface area contributed by atoms with Gasteiger partial charge in [-0.15, -0.1) is 0 Å². The first-order valence-electron chi connectivity index (χ1n) is 7.52. The van der Waals surface area contributed by atoms with Crippen molar-refractivity contribution in [2.24, 2.45) is 5.41 Å². The van der Waals surface area contributed by atoms with Crippen LogP contribution >= 0.6 is 0 Å². The smallest absolute Gasteiger partial charge is 0.266 e. The molecule has 0 saturated carbocycles. The Balaban J connectivity index is 4.80. The van der Waals surface area contributed by atoms with Crippen LogP contribution in [0.25, 0.3) is 0 Å². The monoisotopic (exact) mass is 405 g/mol. The molecule has 0 rings (SSSR count). The highest BCUT2D eigenvalue weighted by molar-refractivity contribution is 7.94. The summed E-state index contributed by atoms with van der Waals surface area (Å²) in [4.78, 5) is 0. The lowest BCUT2D eigenvalue weighted by molar-refractivity contribution is 0.341. The number of nitrogens with one attached hydrogen (secondary N) is 1. The van der Waals surface area contributed by atoms with Crippen LogP contribution in [0, 0.1) is 5.41 Å². The lowest BCUT2D eigenvalue weighted by Gasteiger charge is -2.30. The fourth-order valence-corrected chi connectivity index (χ4v) is 6.33. The van der Waals surface area contributed by atoms with Crippen LogP contribution in [0.15, 0.2) is 12.0 Å². The van der Waals surface area contributed by atoms with E-state index < -0.39 is 41.0 Å². The van der Waals surface area contributed by atoms with E-state index in [0.717, 1.165) is 5.41 Å². The summed E-state index contributed by atoms with van der Waals surface area (Å²) in [5.41, 5.74) is -0.875. The molecule has 0 aliphatic rings. The molecule has 144 valence electrons. The van der Waals surface area contributed by atoms with Crippen LogP contribution in [0.4, 0.5) is 0 Å². The van der Waals surface area contributed by atoms with E-state index in [1.165, 1.54) is 0 Å². The average molecular weight is 406 g/mol. The molecule has 8 nitrogen and oxygen atoms in total. The first-order chi connectivity index (χ1) is 10.8. The van der Waals surface area contributed by atoms with Crippen LogP contribution in [0.3, 0.4) is 0 Å². The molecule has 0 aliphatic carbocycles. The summed E-state index contributed by atoms with van der Waals surface area (Å²) in [5, 5.41) is 3.47. The van der Waals surface area contributed by atoms with E-state index in [9.17, 15) is 25.3 Å². The number of hydrogen-bond donors (Lipinski definition) is 2. The zero-order chi connectivity index (χ0) is 19.1. The molecule has 0 fully saturated rings. The maximum atomic E-state index is 12.3. The van der Waals surface area contributed by atoms with Crippen LogP contribution in [-0.2, 0) is 29.8 Å². The Kier molecular flexibility index (Phi) is 9.09. The molecule has 0 saturated heterocycles. The standard InChI is InChI=1S/C13H27NO7S3/c1-4-13(5-2,11-22(15,16)6-3)12-23(17,18)9-7-14-8-10-24(19,20)21/h6,14H,3-5,7-12H2,1-2H3,(H,19,20,21). The predicted octanol–water partition coefficient (Wildman–Crippen LogP) is 0.243. The maximum Gasteiger partial charge on any atom is 0.266 e. The zero-order valence-electron chi connectivity index (χ0n) is 14.1. The van der Waals surface area contributed by atoms with Gasteiger partial charge in [-0.1, -0.05) is 20.4 Å². The Hall–Kier alpha value is -0.490. The van der Waals surface area contributed by atoms with Gasteiger partial charge in [-0.2, -0.15) is 8.42 Å². The molecule has 0 bridgehead atoms. The summed E-state index contributed by atoms with van der Waals surface area (Å²) >= 11 is 0. The molecule has 0 spiro atoms. The Morgan fingerprint density at radius 3 is 1.88 bits per heavy atom. The first-order valence-corrected chi connectivity index (χ1v) is 12.7. The van der Waals surface area contributed by atoms with Gasteiger partial charge in [0.05, 0.1) is 23.0 Å². The van der Waals surface area contributed by atoms with Gasteiger partial charge in [-0.25, -0.2) is 16.8 Å². The van der Waals surface area contributed by atoms with Crippen molar-refractivity contribution in [1.82, 2.24) is 5.32 Å². The lowest BCUT2D eigenvalue weighted by atomic mass is 9.87. The van der Waals surface area contributed by atoms with Crippen molar-refractivity contribution in [2.45, 2.75) is 26.7 Å². The quantitative estimate of drug-likeness (QED) is 0.329. The van der Waals surface area contributed by atoms with E-state index in [1.807, 2.05) is 0 Å². The predicted molar refractivity (Wildman–Crippen MR) is 94.9 cm³/mol. The van der Waals surface area contributed by atoms with Crippen LogP contribution in [0.1, 0.15) is 26.7 Å². The fraction of sp³-hybridized carbons (Fsp3) is 0.846. The van der Waals surface area contributed by atoms with Gasteiger partial charge in [0, 0.05) is 18.5 Å². The van der Waals surface area contributed by atoms with Gasteiger partial charge in [0.25, 0.3) is 10.1 Å². The van der Waals surface area contributed by atoms with Crippen LogP contribution < -0.4 is 5.32 Å². The lowest BCUT2D eigenvalue weighted by Crippen LogP contribution is -2.38. The topological polar surface area (TPSA) is 135 Å². The Morgan fingerprint density at radius 2 is 1.46 bits per heavy atom. The summed E-state index contributed by atoms with van der Waals surface area (Å²) in [5.74, 6) is -1.28. The molecule has 0 amide bonds. The van der Waals surface area contributed by atoms with Crippen LogP contribution in [-0.4, -0.2) is 65.9 Å². The van der Waals surface area contributed by atoms with Crippen molar-refractivity contribution in [2.75, 3.05) is 36.1 Å². The van der Waals surface area contributed by atoms with E-state index in [2.05, 4.69) is 11.9 Å². The molecule has 24 heavy (non-hydrogen) atoms. The van der Waals surface area contributed by atoms with Crippen molar-refractivity contribution in [3.8, 4) is 0 Å². The zero-order valence-corrected chi connectivity index (χ0v) is 16.5. The highest BCUT2D eigenvalue weighted by Gasteiger charge is 2.35. The molecular formula is C13H27NO7S3. The third-order valence-corrected chi connectivity index (χ3v) is 8.04. The van der Waals surface area contributed by atoms with Gasteiger partial charge in [0.2, 0.25) is 0 Å². The second kappa shape index (κ2) is 9.27. The fourth-order valence-electron chi connectivity index (χ4n) is 2.28. The average Bonchev–Trinajstić information content (AvgIpc) is 2.44. The van der Waals surface area contributed by atoms with E-state index >= 15 is 0 Å². The molecular weight excluding hydrogens is 378 g/mol. The number of rotatable bonds is 13. The SMILES string of the molecule is C=CS(=O)(=O)CC(CC)(CC)CS(=O)(=O)CCNCCS(=O)(=O)O. The molecule has 0 aromatic heterocycles. The second-order valence-corrected chi connectivity index (χ2v) is 11.5. The third kappa shape index (κ3) is 9.72. The van der Waals surface area contributed by atoms with E-state index in [4.69, 9.17) is 4.55 Å². The van der Waals surface area contributed by atoms with Gasteiger partial charge >= 0.3 is 0 Å². The van der Waals surface area contributed by atoms with Gasteiger partial charge in [-0.05, 0) is 18.3 Å². The van der Waals surface area contributed by atoms with Gasteiger partial charge in [0.1, 0.15) is 0 Å². The van der Waals surface area contributed by atoms with Crippen molar-refractivity contribution in [3.05, 3.63) is 12.0 Å². The molecule has 11 heteroatoms. The van der Waals surface area contributed by atoms with Gasteiger partial charge in [-0.3, -0.25) is 4.55 Å². The molecule has 0 heterocycles. The van der Waals surface area contributed by atoms with Crippen LogP contribution in [0.2, 0.25) is 0 Å². The summed E-state index contributed by atoms with van der Waals surface area (Å²) in [7, 11) is -11.2. The minimum Gasteiger partial charge on any atom is -0.315 e. The van der Waals surface area contributed by atoms with Crippen LogP contribution in [0.5, 0.6) is 0 Å². The summed E-state index contributed by atoms with van der Waals surface area (Å²) in [6.45, 7) is 6.72. The van der Waals surface area contributed by atoms with Gasteiger partial charge in [0.15, 0.2) is 19.7 Å². The molecule has 2 N–H and O–H groups in total. The van der Waals surface area contributed by atoms with E-state index in [1.54, 1.807) is 13.8 Å². The van der Waals surface area contributed by atoms with Gasteiger partial charge < -0.3 is 5.32 Å². The number of sulfone groups is 2. The van der Waals surface area contributed by atoms with Crippen molar-refractivity contribution in [1.29, 1.82) is 0 Å². The molecule has 0 radical (unpaired) electrons. The third-order valence-electron chi connectivity index (χ3n) is 3.91. The molecule has 0 aliphatic heterocycles. The Morgan fingerprint density at radius 1 is 0.958 bits per heavy atom. The second-order valence-electron chi connectivity index (χ2n) is 5.81. The minimum atomic E-state index is -4.09. The molecule has 0 aromatic carbocycles. The van der Waals surface area contributed by atoms with E-state index in [0.29, 0.717) is 12.8 Å². The number of hydrogen-bond acceptors (Lipinski definition) is 7. The van der Waals surface area contributed by atoms with Crippen molar-refractivity contribution < 1.29 is 29.8 Å². The van der Waals surface area contributed by atoms with Crippen molar-refractivity contribution >= 4 is 29.8 Å². The minimum absolute atomic E-state index is 0.0234. The first kappa shape index (κ1) is 23.5. The maximum absolute atomic E-state index is 12.3. The summed E-state index contributed by atoms with van der Waals surface area (Å²) in [6, 6.07) is 0.